The summed E-state index contributed by atoms with van der Waals surface area (Å²) in [4.78, 5) is 34.5. The first kappa shape index (κ1) is 19.2. The zero-order chi connectivity index (χ0) is 19.8. The average Bonchev–Trinajstić information content (AvgIpc) is 3.00. The minimum atomic E-state index is -0.110. The number of benzene rings is 1. The van der Waals surface area contributed by atoms with Crippen LogP contribution in [0.2, 0.25) is 0 Å². The van der Waals surface area contributed by atoms with E-state index in [1.54, 1.807) is 11.3 Å². The highest BCUT2D eigenvalue weighted by molar-refractivity contribution is 7.99. The summed E-state index contributed by atoms with van der Waals surface area (Å²) in [6.45, 7) is 6.21. The molecule has 3 aromatic rings. The number of aromatic nitrogens is 2. The monoisotopic (exact) mass is 413 g/mol. The van der Waals surface area contributed by atoms with E-state index in [-0.39, 0.29) is 17.2 Å². The topological polar surface area (TPSA) is 74.8 Å². The molecule has 1 aromatic carbocycles. The first-order chi connectivity index (χ1) is 13.4. The lowest BCUT2D eigenvalue weighted by Gasteiger charge is -2.17. The van der Waals surface area contributed by atoms with Gasteiger partial charge in [-0.1, -0.05) is 30.8 Å². The Morgan fingerprint density at radius 1 is 1.39 bits per heavy atom. The van der Waals surface area contributed by atoms with Gasteiger partial charge in [0.15, 0.2) is 5.16 Å². The minimum Gasteiger partial charge on any atom is -0.325 e. The molecule has 0 fully saturated rings. The van der Waals surface area contributed by atoms with Crippen molar-refractivity contribution in [2.45, 2.75) is 45.2 Å². The fourth-order valence-corrected chi connectivity index (χ4v) is 5.69. The Labute approximate surface area is 172 Å². The molecule has 4 rings (SSSR count). The maximum atomic E-state index is 12.6. The summed E-state index contributed by atoms with van der Waals surface area (Å²) in [7, 11) is 0. The molecule has 5 nitrogen and oxygen atoms in total. The predicted octanol–water partition coefficient (Wildman–Crippen LogP) is 4.46. The quantitative estimate of drug-likeness (QED) is 0.489. The number of carbonyl (C=O) groups excluding carboxylic acids is 1. The van der Waals surface area contributed by atoms with Gasteiger partial charge in [0.05, 0.1) is 11.1 Å². The summed E-state index contributed by atoms with van der Waals surface area (Å²) in [6, 6.07) is 5.97. The van der Waals surface area contributed by atoms with E-state index >= 15 is 0 Å². The van der Waals surface area contributed by atoms with Crippen LogP contribution in [0.5, 0.6) is 0 Å². The number of aromatic amines is 1. The number of amides is 1. The number of hydrogen-bond donors (Lipinski definition) is 2. The number of anilines is 1. The normalized spacial score (nSPS) is 16.2. The zero-order valence-electron chi connectivity index (χ0n) is 16.2. The van der Waals surface area contributed by atoms with Crippen LogP contribution in [-0.4, -0.2) is 21.6 Å². The molecule has 2 heterocycles. The van der Waals surface area contributed by atoms with Crippen molar-refractivity contribution in [1.29, 1.82) is 0 Å². The lowest BCUT2D eigenvalue weighted by molar-refractivity contribution is -0.113. The van der Waals surface area contributed by atoms with E-state index in [4.69, 9.17) is 0 Å². The molecular formula is C21H23N3O2S2. The number of carbonyl (C=O) groups is 1. The molecule has 0 radical (unpaired) electrons. The number of thioether (sulfide) groups is 1. The average molecular weight is 414 g/mol. The Morgan fingerprint density at radius 3 is 3.04 bits per heavy atom. The molecule has 0 saturated carbocycles. The number of nitrogens with one attached hydrogen (secondary N) is 2. The highest BCUT2D eigenvalue weighted by atomic mass is 32.2. The molecule has 0 unspecified atom stereocenters. The van der Waals surface area contributed by atoms with Gasteiger partial charge in [-0.3, -0.25) is 9.59 Å². The number of thiophene rings is 1. The molecule has 0 saturated heterocycles. The van der Waals surface area contributed by atoms with E-state index < -0.39 is 0 Å². The third-order valence-electron chi connectivity index (χ3n) is 5.15. The molecule has 2 aromatic heterocycles. The Hall–Kier alpha value is -2.12. The SMILES string of the molecule is Cc1ccc(C)c(NC(=O)CSc2nc3sc4c(c3c(=O)[nH]2)CC[C@@H](C)C4)c1. The predicted molar refractivity (Wildman–Crippen MR) is 117 cm³/mol. The van der Waals surface area contributed by atoms with Gasteiger partial charge in [0, 0.05) is 10.6 Å². The largest absolute Gasteiger partial charge is 0.325 e. The second kappa shape index (κ2) is 7.72. The van der Waals surface area contributed by atoms with E-state index in [9.17, 15) is 9.59 Å². The Bertz CT molecular complexity index is 1120. The first-order valence-electron chi connectivity index (χ1n) is 9.45. The lowest BCUT2D eigenvalue weighted by Crippen LogP contribution is -2.16. The summed E-state index contributed by atoms with van der Waals surface area (Å²) in [5, 5.41) is 4.19. The van der Waals surface area contributed by atoms with Gasteiger partial charge in [-0.05, 0) is 61.8 Å². The molecule has 2 N–H and O–H groups in total. The van der Waals surface area contributed by atoms with Crippen LogP contribution in [0.3, 0.4) is 0 Å². The zero-order valence-corrected chi connectivity index (χ0v) is 17.9. The third-order valence-corrected chi connectivity index (χ3v) is 7.17. The van der Waals surface area contributed by atoms with Crippen LogP contribution in [0, 0.1) is 19.8 Å². The van der Waals surface area contributed by atoms with Gasteiger partial charge in [0.2, 0.25) is 5.91 Å². The van der Waals surface area contributed by atoms with E-state index in [2.05, 4.69) is 22.2 Å². The summed E-state index contributed by atoms with van der Waals surface area (Å²) in [6.07, 6.45) is 3.09. The van der Waals surface area contributed by atoms with Crippen molar-refractivity contribution in [1.82, 2.24) is 9.97 Å². The molecule has 146 valence electrons. The van der Waals surface area contributed by atoms with E-state index in [1.807, 2.05) is 32.0 Å². The van der Waals surface area contributed by atoms with Crippen LogP contribution < -0.4 is 10.9 Å². The van der Waals surface area contributed by atoms with Gasteiger partial charge < -0.3 is 10.3 Å². The van der Waals surface area contributed by atoms with Crippen LogP contribution in [0.25, 0.3) is 10.2 Å². The highest BCUT2D eigenvalue weighted by Gasteiger charge is 2.23. The van der Waals surface area contributed by atoms with E-state index in [0.29, 0.717) is 11.1 Å². The second-order valence-electron chi connectivity index (χ2n) is 7.56. The fourth-order valence-electron chi connectivity index (χ4n) is 3.59. The molecule has 0 bridgehead atoms. The van der Waals surface area contributed by atoms with Gasteiger partial charge in [-0.2, -0.15) is 0 Å². The molecule has 7 heteroatoms. The van der Waals surface area contributed by atoms with Crippen LogP contribution >= 0.6 is 23.1 Å². The molecule has 0 spiro atoms. The molecule has 1 aliphatic carbocycles. The smallest absolute Gasteiger partial charge is 0.260 e. The Balaban J connectivity index is 1.50. The first-order valence-corrected chi connectivity index (χ1v) is 11.3. The summed E-state index contributed by atoms with van der Waals surface area (Å²) >= 11 is 2.89. The van der Waals surface area contributed by atoms with Crippen molar-refractivity contribution in [2.24, 2.45) is 5.92 Å². The van der Waals surface area contributed by atoms with Crippen molar-refractivity contribution in [3.05, 3.63) is 50.1 Å². The number of hydrogen-bond acceptors (Lipinski definition) is 5. The molecule has 1 aliphatic rings. The van der Waals surface area contributed by atoms with Crippen LogP contribution in [0.4, 0.5) is 5.69 Å². The summed E-state index contributed by atoms with van der Waals surface area (Å²) < 4.78 is 0. The van der Waals surface area contributed by atoms with Crippen LogP contribution in [-0.2, 0) is 17.6 Å². The van der Waals surface area contributed by atoms with Gasteiger partial charge in [-0.25, -0.2) is 4.98 Å². The number of aryl methyl sites for hydroxylation is 3. The molecule has 28 heavy (non-hydrogen) atoms. The lowest BCUT2D eigenvalue weighted by atomic mass is 9.89. The number of H-pyrrole nitrogens is 1. The van der Waals surface area contributed by atoms with Gasteiger partial charge in [-0.15, -0.1) is 11.3 Å². The molecular weight excluding hydrogens is 390 g/mol. The summed E-state index contributed by atoms with van der Waals surface area (Å²) in [5.41, 5.74) is 4.03. The third kappa shape index (κ3) is 3.86. The maximum absolute atomic E-state index is 12.6. The maximum Gasteiger partial charge on any atom is 0.260 e. The number of fused-ring (bicyclic) bond motifs is 3. The standard InChI is InChI=1S/C21H23N3O2S2/c1-11-4-6-13(3)15(8-11)22-17(25)10-27-21-23-19(26)18-14-7-5-12(2)9-16(14)28-20(18)24-21/h4,6,8,12H,5,7,9-10H2,1-3H3,(H,22,25)(H,23,24,26)/t12-/m1/s1. The van der Waals surface area contributed by atoms with Crippen LogP contribution in [0.1, 0.15) is 34.9 Å². The molecule has 1 amide bonds. The van der Waals surface area contributed by atoms with Crippen molar-refractivity contribution < 1.29 is 4.79 Å². The molecule has 1 atom stereocenters. The summed E-state index contributed by atoms with van der Waals surface area (Å²) in [5.74, 6) is 0.743. The van der Waals surface area contributed by atoms with Crippen molar-refractivity contribution in [3.63, 3.8) is 0 Å². The minimum absolute atomic E-state index is 0.0884. The van der Waals surface area contributed by atoms with Gasteiger partial charge >= 0.3 is 0 Å². The van der Waals surface area contributed by atoms with E-state index in [1.165, 1.54) is 22.2 Å². The van der Waals surface area contributed by atoms with Crippen molar-refractivity contribution in [2.75, 3.05) is 11.1 Å². The van der Waals surface area contributed by atoms with Crippen LogP contribution in [0.15, 0.2) is 28.2 Å². The second-order valence-corrected chi connectivity index (χ2v) is 9.61. The van der Waals surface area contributed by atoms with Gasteiger partial charge in [0.1, 0.15) is 4.83 Å². The van der Waals surface area contributed by atoms with Crippen molar-refractivity contribution in [3.8, 4) is 0 Å². The Kier molecular flexibility index (Phi) is 5.29. The Morgan fingerprint density at radius 2 is 2.21 bits per heavy atom. The van der Waals surface area contributed by atoms with Crippen molar-refractivity contribution >= 4 is 44.9 Å². The number of rotatable bonds is 4. The number of nitrogens with zero attached hydrogens (tertiary/aromatic N) is 1. The van der Waals surface area contributed by atoms with E-state index in [0.717, 1.165) is 46.3 Å². The van der Waals surface area contributed by atoms with Gasteiger partial charge in [0.25, 0.3) is 5.56 Å². The molecule has 0 aliphatic heterocycles. The highest BCUT2D eigenvalue weighted by Crippen LogP contribution is 2.36. The fraction of sp³-hybridized carbons (Fsp3) is 0.381.